The second-order valence-corrected chi connectivity index (χ2v) is 6.99. The minimum absolute atomic E-state index is 0.393. The maximum atomic E-state index is 12.5. The van der Waals surface area contributed by atoms with Gasteiger partial charge in [0.25, 0.3) is 0 Å². The summed E-state index contributed by atoms with van der Waals surface area (Å²) >= 11 is 0. The molecule has 0 saturated heterocycles. The number of carboxylic acid groups (broad SMARTS) is 1. The van der Waals surface area contributed by atoms with E-state index in [4.69, 9.17) is 9.84 Å². The SMILES string of the molecule is Cc1c(C=CC(=O)O)c(-n2ccc3cccnc32)nn1C(=O)OC(C)(C)C. The lowest BCUT2D eigenvalue weighted by molar-refractivity contribution is -0.131. The Labute approximate surface area is 155 Å². The third kappa shape index (κ3) is 3.74. The highest BCUT2D eigenvalue weighted by atomic mass is 16.6. The smallest absolute Gasteiger partial charge is 0.435 e. The van der Waals surface area contributed by atoms with Gasteiger partial charge in [0, 0.05) is 29.4 Å². The number of aromatic nitrogens is 4. The Morgan fingerprint density at radius 3 is 2.67 bits per heavy atom. The van der Waals surface area contributed by atoms with E-state index < -0.39 is 17.7 Å². The highest BCUT2D eigenvalue weighted by Crippen LogP contribution is 2.25. The van der Waals surface area contributed by atoms with Gasteiger partial charge in [-0.15, -0.1) is 5.10 Å². The van der Waals surface area contributed by atoms with Crippen molar-refractivity contribution in [3.05, 3.63) is 47.9 Å². The zero-order chi connectivity index (χ0) is 19.8. The Balaban J connectivity index is 2.18. The number of hydrogen-bond donors (Lipinski definition) is 1. The van der Waals surface area contributed by atoms with E-state index in [1.54, 1.807) is 44.7 Å². The van der Waals surface area contributed by atoms with Crippen LogP contribution in [0.3, 0.4) is 0 Å². The summed E-state index contributed by atoms with van der Waals surface area (Å²) in [5.41, 5.74) is 0.922. The third-order valence-corrected chi connectivity index (χ3v) is 3.78. The first-order valence-corrected chi connectivity index (χ1v) is 8.34. The molecule has 27 heavy (non-hydrogen) atoms. The summed E-state index contributed by atoms with van der Waals surface area (Å²) < 4.78 is 8.25. The molecule has 0 unspecified atom stereocenters. The van der Waals surface area contributed by atoms with Crippen LogP contribution in [0.15, 0.2) is 36.7 Å². The number of fused-ring (bicyclic) bond motifs is 1. The zero-order valence-corrected chi connectivity index (χ0v) is 15.5. The fourth-order valence-corrected chi connectivity index (χ4v) is 2.65. The van der Waals surface area contributed by atoms with Crippen LogP contribution in [0.4, 0.5) is 4.79 Å². The van der Waals surface area contributed by atoms with E-state index in [0.29, 0.717) is 22.7 Å². The maximum Gasteiger partial charge on any atom is 0.435 e. The molecule has 0 atom stereocenters. The van der Waals surface area contributed by atoms with E-state index in [1.807, 2.05) is 18.2 Å². The molecule has 140 valence electrons. The molecule has 0 aliphatic carbocycles. The minimum Gasteiger partial charge on any atom is -0.478 e. The molecule has 1 N–H and O–H groups in total. The van der Waals surface area contributed by atoms with Gasteiger partial charge >= 0.3 is 12.1 Å². The van der Waals surface area contributed by atoms with Crippen molar-refractivity contribution in [2.45, 2.75) is 33.3 Å². The number of hydrogen-bond acceptors (Lipinski definition) is 5. The molecule has 0 amide bonds. The summed E-state index contributed by atoms with van der Waals surface area (Å²) in [6.45, 7) is 6.97. The van der Waals surface area contributed by atoms with E-state index >= 15 is 0 Å². The molecule has 3 aromatic rings. The van der Waals surface area contributed by atoms with Crippen LogP contribution in [0.2, 0.25) is 0 Å². The molecule has 0 saturated carbocycles. The number of carbonyl (C=O) groups is 2. The van der Waals surface area contributed by atoms with Crippen molar-refractivity contribution in [3.8, 4) is 5.82 Å². The number of aliphatic carboxylic acids is 1. The molecule has 0 bridgehead atoms. The first-order chi connectivity index (χ1) is 12.7. The molecule has 0 fully saturated rings. The molecule has 0 aliphatic heterocycles. The zero-order valence-electron chi connectivity index (χ0n) is 15.5. The van der Waals surface area contributed by atoms with Crippen molar-refractivity contribution >= 4 is 29.2 Å². The van der Waals surface area contributed by atoms with E-state index in [0.717, 1.165) is 16.1 Å². The largest absolute Gasteiger partial charge is 0.478 e. The van der Waals surface area contributed by atoms with Crippen molar-refractivity contribution in [2.75, 3.05) is 0 Å². The van der Waals surface area contributed by atoms with Crippen molar-refractivity contribution in [1.82, 2.24) is 19.3 Å². The van der Waals surface area contributed by atoms with Gasteiger partial charge < -0.3 is 9.84 Å². The van der Waals surface area contributed by atoms with Gasteiger partial charge in [0.1, 0.15) is 11.2 Å². The van der Waals surface area contributed by atoms with Crippen molar-refractivity contribution in [1.29, 1.82) is 0 Å². The van der Waals surface area contributed by atoms with Crippen molar-refractivity contribution in [3.63, 3.8) is 0 Å². The fourth-order valence-electron chi connectivity index (χ4n) is 2.65. The molecule has 0 aliphatic rings. The monoisotopic (exact) mass is 368 g/mol. The van der Waals surface area contributed by atoms with Gasteiger partial charge in [-0.2, -0.15) is 4.68 Å². The Hall–Kier alpha value is -3.42. The lowest BCUT2D eigenvalue weighted by atomic mass is 10.2. The van der Waals surface area contributed by atoms with E-state index in [-0.39, 0.29) is 0 Å². The fraction of sp³-hybridized carbons (Fsp3) is 0.263. The predicted octanol–water partition coefficient (Wildman–Crippen LogP) is 3.41. The lowest BCUT2D eigenvalue weighted by Gasteiger charge is -2.19. The highest BCUT2D eigenvalue weighted by molar-refractivity contribution is 5.87. The van der Waals surface area contributed by atoms with Gasteiger partial charge in [0.05, 0.1) is 5.69 Å². The molecule has 0 aromatic carbocycles. The number of ether oxygens (including phenoxy) is 1. The van der Waals surface area contributed by atoms with Crippen LogP contribution in [-0.4, -0.2) is 42.1 Å². The van der Waals surface area contributed by atoms with Crippen LogP contribution >= 0.6 is 0 Å². The molecule has 3 heterocycles. The van der Waals surface area contributed by atoms with Crippen LogP contribution in [0.1, 0.15) is 32.0 Å². The number of pyridine rings is 1. The molecule has 8 heteroatoms. The van der Waals surface area contributed by atoms with Crippen LogP contribution in [0.5, 0.6) is 0 Å². The average molecular weight is 368 g/mol. The van der Waals surface area contributed by atoms with Crippen LogP contribution in [0.25, 0.3) is 22.9 Å². The molecule has 8 nitrogen and oxygen atoms in total. The summed E-state index contributed by atoms with van der Waals surface area (Å²) in [5, 5.41) is 14.3. The number of carboxylic acids is 1. The first-order valence-electron chi connectivity index (χ1n) is 8.34. The van der Waals surface area contributed by atoms with Crippen LogP contribution in [-0.2, 0) is 9.53 Å². The molecule has 0 spiro atoms. The molecular formula is C19H20N4O4. The highest BCUT2D eigenvalue weighted by Gasteiger charge is 2.24. The number of nitrogens with zero attached hydrogens (tertiary/aromatic N) is 4. The van der Waals surface area contributed by atoms with Gasteiger partial charge in [0.15, 0.2) is 5.82 Å². The van der Waals surface area contributed by atoms with Gasteiger partial charge in [0.2, 0.25) is 0 Å². The van der Waals surface area contributed by atoms with Crippen LogP contribution < -0.4 is 0 Å². The van der Waals surface area contributed by atoms with E-state index in [2.05, 4.69) is 10.1 Å². The Morgan fingerprint density at radius 2 is 2.00 bits per heavy atom. The van der Waals surface area contributed by atoms with E-state index in [9.17, 15) is 9.59 Å². The van der Waals surface area contributed by atoms with Gasteiger partial charge in [-0.3, -0.25) is 4.57 Å². The standard InChI is InChI=1S/C19H20N4O4/c1-12-14(7-8-15(24)25)17(21-23(12)18(26)27-19(2,3)4)22-11-9-13-6-5-10-20-16(13)22/h5-11H,1-4H3,(H,24,25). The quantitative estimate of drug-likeness (QED) is 0.711. The summed E-state index contributed by atoms with van der Waals surface area (Å²) in [6, 6.07) is 5.60. The maximum absolute atomic E-state index is 12.5. The van der Waals surface area contributed by atoms with Gasteiger partial charge in [-0.05, 0) is 52.0 Å². The van der Waals surface area contributed by atoms with Crippen molar-refractivity contribution in [2.24, 2.45) is 0 Å². The molecule has 3 aromatic heterocycles. The topological polar surface area (TPSA) is 99.2 Å². The summed E-state index contributed by atoms with van der Waals surface area (Å²) in [6.07, 6.45) is 5.21. The molecule has 3 rings (SSSR count). The summed E-state index contributed by atoms with van der Waals surface area (Å²) in [4.78, 5) is 27.9. The normalized spacial score (nSPS) is 12.0. The number of rotatable bonds is 3. The van der Waals surface area contributed by atoms with Gasteiger partial charge in [-0.1, -0.05) is 0 Å². The Bertz CT molecular complexity index is 1050. The van der Waals surface area contributed by atoms with Gasteiger partial charge in [-0.25, -0.2) is 14.6 Å². The second-order valence-electron chi connectivity index (χ2n) is 6.99. The summed E-state index contributed by atoms with van der Waals surface area (Å²) in [5.74, 6) is -0.703. The second kappa shape index (κ2) is 6.71. The first kappa shape index (κ1) is 18.4. The summed E-state index contributed by atoms with van der Waals surface area (Å²) in [7, 11) is 0. The Kier molecular flexibility index (Phi) is 4.57. The lowest BCUT2D eigenvalue weighted by Crippen LogP contribution is -2.28. The van der Waals surface area contributed by atoms with Crippen molar-refractivity contribution < 1.29 is 19.4 Å². The number of carbonyl (C=O) groups excluding carboxylic acids is 1. The predicted molar refractivity (Wildman–Crippen MR) is 99.9 cm³/mol. The average Bonchev–Trinajstić information content (AvgIpc) is 3.12. The molecular weight excluding hydrogens is 348 g/mol. The van der Waals surface area contributed by atoms with Crippen LogP contribution in [0, 0.1) is 6.92 Å². The Morgan fingerprint density at radius 1 is 1.26 bits per heavy atom. The minimum atomic E-state index is -1.10. The molecule has 0 radical (unpaired) electrons. The third-order valence-electron chi connectivity index (χ3n) is 3.78. The van der Waals surface area contributed by atoms with E-state index in [1.165, 1.54) is 6.08 Å².